The Bertz CT molecular complexity index is 604. The summed E-state index contributed by atoms with van der Waals surface area (Å²) in [7, 11) is 2.24. The first-order valence-electron chi connectivity index (χ1n) is 7.39. The summed E-state index contributed by atoms with van der Waals surface area (Å²) in [6, 6.07) is 7.97. The van der Waals surface area contributed by atoms with Crippen LogP contribution < -0.4 is 10.6 Å². The Balaban J connectivity index is 2.46. The van der Waals surface area contributed by atoms with Crippen LogP contribution in [-0.4, -0.2) is 50.7 Å². The number of ether oxygens (including phenoxy) is 3. The van der Waals surface area contributed by atoms with E-state index in [0.717, 1.165) is 12.7 Å². The number of alkyl carbamates (subject to hydrolysis) is 1. The Morgan fingerprint density at radius 1 is 1.04 bits per heavy atom. The van der Waals surface area contributed by atoms with Gasteiger partial charge in [0.2, 0.25) is 0 Å². The summed E-state index contributed by atoms with van der Waals surface area (Å²) in [4.78, 5) is 45.7. The summed E-state index contributed by atoms with van der Waals surface area (Å²) in [5.41, 5.74) is 0.789. The molecule has 0 radical (unpaired) electrons. The lowest BCUT2D eigenvalue weighted by molar-refractivity contribution is -0.152. The molecule has 1 atom stereocenters. The van der Waals surface area contributed by atoms with Gasteiger partial charge in [-0.1, -0.05) is 30.3 Å². The maximum Gasteiger partial charge on any atom is 0.408 e. The number of amides is 2. The number of nitrogens with one attached hydrogen (secondary N) is 2. The van der Waals surface area contributed by atoms with E-state index in [1.54, 1.807) is 24.3 Å². The fraction of sp³-hybridized carbons (Fsp3) is 0.375. The molecule has 9 nitrogen and oxygen atoms in total. The summed E-state index contributed by atoms with van der Waals surface area (Å²) in [5, 5.41) is 4.61. The topological polar surface area (TPSA) is 120 Å². The molecule has 0 aromatic heterocycles. The number of carbonyl (C=O) groups is 4. The Morgan fingerprint density at radius 2 is 1.72 bits per heavy atom. The predicted octanol–water partition coefficient (Wildman–Crippen LogP) is 0.134. The fourth-order valence-electron chi connectivity index (χ4n) is 1.79. The van der Waals surface area contributed by atoms with E-state index in [-0.39, 0.29) is 19.6 Å². The van der Waals surface area contributed by atoms with Crippen molar-refractivity contribution in [2.45, 2.75) is 19.1 Å². The number of hydrogen-bond acceptors (Lipinski definition) is 7. The van der Waals surface area contributed by atoms with E-state index in [1.165, 1.54) is 7.11 Å². The standard InChI is InChI=1S/C16H20N2O7/c1-23-14(20)12(8-9-17-13(19)15(21)24-2)18-16(22)25-10-11-6-4-3-5-7-11/h3-7,12H,8-10H2,1-2H3,(H,17,19)(H,18,22)/t12-/m0/s1. The highest BCUT2D eigenvalue weighted by atomic mass is 16.6. The van der Waals surface area contributed by atoms with Crippen LogP contribution in [-0.2, 0) is 35.2 Å². The summed E-state index contributed by atoms with van der Waals surface area (Å²) in [6.45, 7) is -0.00763. The molecule has 1 aromatic carbocycles. The van der Waals surface area contributed by atoms with Crippen LogP contribution in [0.5, 0.6) is 0 Å². The second-order valence-electron chi connectivity index (χ2n) is 4.82. The molecular weight excluding hydrogens is 332 g/mol. The summed E-state index contributed by atoms with van der Waals surface area (Å²) in [5.74, 6) is -2.70. The van der Waals surface area contributed by atoms with Gasteiger partial charge in [-0.05, 0) is 12.0 Å². The molecule has 0 heterocycles. The van der Waals surface area contributed by atoms with E-state index in [2.05, 4.69) is 20.1 Å². The van der Waals surface area contributed by atoms with Gasteiger partial charge in [-0.2, -0.15) is 0 Å². The SMILES string of the molecule is COC(=O)C(=O)NCC[C@H](NC(=O)OCc1ccccc1)C(=O)OC. The van der Waals surface area contributed by atoms with Gasteiger partial charge in [-0.25, -0.2) is 14.4 Å². The number of hydrogen-bond donors (Lipinski definition) is 2. The van der Waals surface area contributed by atoms with E-state index >= 15 is 0 Å². The largest absolute Gasteiger partial charge is 0.467 e. The van der Waals surface area contributed by atoms with Crippen LogP contribution in [0.2, 0.25) is 0 Å². The van der Waals surface area contributed by atoms with E-state index in [9.17, 15) is 19.2 Å². The Morgan fingerprint density at radius 3 is 2.32 bits per heavy atom. The van der Waals surface area contributed by atoms with Crippen molar-refractivity contribution in [1.82, 2.24) is 10.6 Å². The van der Waals surface area contributed by atoms with E-state index < -0.39 is 30.0 Å². The van der Waals surface area contributed by atoms with E-state index in [4.69, 9.17) is 4.74 Å². The Labute approximate surface area is 144 Å². The van der Waals surface area contributed by atoms with E-state index in [0.29, 0.717) is 0 Å². The van der Waals surface area contributed by atoms with Crippen molar-refractivity contribution >= 4 is 23.9 Å². The average molecular weight is 352 g/mol. The van der Waals surface area contributed by atoms with Gasteiger partial charge in [-0.15, -0.1) is 0 Å². The van der Waals surface area contributed by atoms with Gasteiger partial charge in [0.25, 0.3) is 0 Å². The second-order valence-corrected chi connectivity index (χ2v) is 4.82. The molecule has 0 unspecified atom stereocenters. The van der Waals surface area contributed by atoms with Crippen molar-refractivity contribution in [3.8, 4) is 0 Å². The van der Waals surface area contributed by atoms with Crippen molar-refractivity contribution in [2.75, 3.05) is 20.8 Å². The minimum absolute atomic E-state index is 0.00977. The molecule has 2 amide bonds. The first-order chi connectivity index (χ1) is 12.0. The molecule has 0 saturated heterocycles. The lowest BCUT2D eigenvalue weighted by Gasteiger charge is -2.16. The molecule has 2 N–H and O–H groups in total. The average Bonchev–Trinajstić information content (AvgIpc) is 2.64. The van der Waals surface area contributed by atoms with Gasteiger partial charge in [0.05, 0.1) is 14.2 Å². The smallest absolute Gasteiger partial charge is 0.408 e. The van der Waals surface area contributed by atoms with Gasteiger partial charge in [-0.3, -0.25) is 4.79 Å². The van der Waals surface area contributed by atoms with Crippen LogP contribution in [0.15, 0.2) is 30.3 Å². The third-order valence-corrected chi connectivity index (χ3v) is 3.08. The second kappa shape index (κ2) is 10.6. The lowest BCUT2D eigenvalue weighted by Crippen LogP contribution is -2.44. The molecule has 0 saturated carbocycles. The molecule has 0 aliphatic heterocycles. The highest BCUT2D eigenvalue weighted by molar-refractivity contribution is 6.32. The molecule has 1 rings (SSSR count). The molecule has 0 aliphatic rings. The molecular formula is C16H20N2O7. The first-order valence-corrected chi connectivity index (χ1v) is 7.39. The monoisotopic (exact) mass is 352 g/mol. The molecule has 0 aliphatic carbocycles. The predicted molar refractivity (Wildman–Crippen MR) is 85.2 cm³/mol. The number of carbonyl (C=O) groups excluding carboxylic acids is 4. The zero-order chi connectivity index (χ0) is 18.7. The highest BCUT2D eigenvalue weighted by Crippen LogP contribution is 2.02. The van der Waals surface area contributed by atoms with Crippen LogP contribution >= 0.6 is 0 Å². The Hall–Kier alpha value is -3.10. The lowest BCUT2D eigenvalue weighted by atomic mass is 10.2. The molecule has 0 spiro atoms. The highest BCUT2D eigenvalue weighted by Gasteiger charge is 2.23. The number of methoxy groups -OCH3 is 2. The summed E-state index contributed by atoms with van der Waals surface area (Å²) in [6.07, 6.45) is -0.797. The normalized spacial score (nSPS) is 11.0. The van der Waals surface area contributed by atoms with Crippen LogP contribution in [0.1, 0.15) is 12.0 Å². The van der Waals surface area contributed by atoms with Crippen molar-refractivity contribution < 1.29 is 33.4 Å². The van der Waals surface area contributed by atoms with Gasteiger partial charge in [0.15, 0.2) is 0 Å². The quantitative estimate of drug-likeness (QED) is 0.407. The van der Waals surface area contributed by atoms with Crippen LogP contribution in [0.25, 0.3) is 0 Å². The number of benzene rings is 1. The minimum atomic E-state index is -1.05. The van der Waals surface area contributed by atoms with Gasteiger partial charge >= 0.3 is 23.9 Å². The van der Waals surface area contributed by atoms with Crippen molar-refractivity contribution in [3.05, 3.63) is 35.9 Å². The van der Waals surface area contributed by atoms with Gasteiger partial charge in [0.1, 0.15) is 12.6 Å². The maximum atomic E-state index is 11.8. The first kappa shape index (κ1) is 19.9. The van der Waals surface area contributed by atoms with Crippen molar-refractivity contribution in [2.24, 2.45) is 0 Å². The summed E-state index contributed by atoms with van der Waals surface area (Å²) < 4.78 is 13.8. The number of rotatable bonds is 7. The zero-order valence-corrected chi connectivity index (χ0v) is 13.9. The maximum absolute atomic E-state index is 11.8. The zero-order valence-electron chi connectivity index (χ0n) is 13.9. The third-order valence-electron chi connectivity index (χ3n) is 3.08. The van der Waals surface area contributed by atoms with Crippen molar-refractivity contribution in [3.63, 3.8) is 0 Å². The van der Waals surface area contributed by atoms with Gasteiger partial charge < -0.3 is 24.8 Å². The molecule has 9 heteroatoms. The molecule has 25 heavy (non-hydrogen) atoms. The molecule has 0 fully saturated rings. The van der Waals surface area contributed by atoms with Crippen LogP contribution in [0.4, 0.5) is 4.79 Å². The van der Waals surface area contributed by atoms with Crippen LogP contribution in [0, 0.1) is 0 Å². The van der Waals surface area contributed by atoms with Crippen molar-refractivity contribution in [1.29, 1.82) is 0 Å². The Kier molecular flexibility index (Phi) is 8.48. The van der Waals surface area contributed by atoms with E-state index in [1.807, 2.05) is 6.07 Å². The minimum Gasteiger partial charge on any atom is -0.467 e. The van der Waals surface area contributed by atoms with Crippen LogP contribution in [0.3, 0.4) is 0 Å². The van der Waals surface area contributed by atoms with Gasteiger partial charge in [0, 0.05) is 6.54 Å². The third kappa shape index (κ3) is 7.34. The fourth-order valence-corrected chi connectivity index (χ4v) is 1.79. The summed E-state index contributed by atoms with van der Waals surface area (Å²) >= 11 is 0. The molecule has 136 valence electrons. The number of esters is 2. The molecule has 1 aromatic rings. The molecule has 0 bridgehead atoms.